The van der Waals surface area contributed by atoms with Crippen LogP contribution in [0, 0.1) is 5.92 Å². The van der Waals surface area contributed by atoms with Crippen molar-refractivity contribution < 1.29 is 23.4 Å². The van der Waals surface area contributed by atoms with Gasteiger partial charge >= 0.3 is 5.97 Å². The molecule has 1 rings (SSSR count). The molecule has 8 heteroatoms. The second-order valence-electron chi connectivity index (χ2n) is 6.61. The maximum Gasteiger partial charge on any atom is 0.328 e. The lowest BCUT2D eigenvalue weighted by atomic mass is 10.0. The summed E-state index contributed by atoms with van der Waals surface area (Å²) < 4.78 is 22.1. The molecule has 1 amide bonds. The molecule has 2 N–H and O–H groups in total. The molecule has 1 aromatic rings. The lowest BCUT2D eigenvalue weighted by molar-refractivity contribution is -0.145. The fourth-order valence-corrected chi connectivity index (χ4v) is 3.36. The molecule has 0 aliphatic carbocycles. The second-order valence-corrected chi connectivity index (χ2v) is 8.93. The third-order valence-corrected chi connectivity index (χ3v) is 5.32. The monoisotopic (exact) mass is 384 g/mol. The van der Waals surface area contributed by atoms with E-state index in [9.17, 15) is 14.2 Å². The van der Waals surface area contributed by atoms with Crippen molar-refractivity contribution in [3.8, 4) is 0 Å². The van der Waals surface area contributed by atoms with Gasteiger partial charge < -0.3 is 14.6 Å². The number of carbonyl (C=O) groups excluding carboxylic acids is 2. The van der Waals surface area contributed by atoms with Gasteiger partial charge in [0.1, 0.15) is 6.04 Å². The van der Waals surface area contributed by atoms with Gasteiger partial charge in [0.2, 0.25) is 5.91 Å². The van der Waals surface area contributed by atoms with E-state index >= 15 is 0 Å². The van der Waals surface area contributed by atoms with Gasteiger partial charge in [-0.25, -0.2) is 9.88 Å². The minimum Gasteiger partial charge on any atom is -0.467 e. The summed E-state index contributed by atoms with van der Waals surface area (Å²) in [6.07, 6.45) is 0.758. The Bertz CT molecular complexity index is 636. The van der Waals surface area contributed by atoms with Gasteiger partial charge in [-0.15, -0.1) is 0 Å². The normalized spacial score (nSPS) is 15.8. The number of esters is 1. The van der Waals surface area contributed by atoms with Crippen molar-refractivity contribution in [3.05, 3.63) is 35.9 Å². The van der Waals surface area contributed by atoms with Crippen LogP contribution in [0.2, 0.25) is 0 Å². The highest BCUT2D eigenvalue weighted by Crippen LogP contribution is 2.37. The van der Waals surface area contributed by atoms with E-state index in [1.54, 1.807) is 0 Å². The quantitative estimate of drug-likeness (QED) is 0.475. The van der Waals surface area contributed by atoms with Crippen LogP contribution < -0.4 is 10.4 Å². The Morgan fingerprint density at radius 2 is 1.73 bits per heavy atom. The van der Waals surface area contributed by atoms with Gasteiger partial charge in [-0.3, -0.25) is 9.36 Å². The summed E-state index contributed by atoms with van der Waals surface area (Å²) >= 11 is 0. The van der Waals surface area contributed by atoms with E-state index < -0.39 is 31.5 Å². The summed E-state index contributed by atoms with van der Waals surface area (Å²) in [5.74, 6) is -0.739. The smallest absolute Gasteiger partial charge is 0.328 e. The first-order valence-corrected chi connectivity index (χ1v) is 10.6. The van der Waals surface area contributed by atoms with Gasteiger partial charge in [0.25, 0.3) is 7.52 Å². The van der Waals surface area contributed by atoms with E-state index in [2.05, 4.69) is 10.4 Å². The van der Waals surface area contributed by atoms with E-state index in [0.29, 0.717) is 12.8 Å². The number of carbonyl (C=O) groups is 2. The van der Waals surface area contributed by atoms with Crippen LogP contribution >= 0.6 is 7.52 Å². The van der Waals surface area contributed by atoms with Crippen molar-refractivity contribution in [3.63, 3.8) is 0 Å². The van der Waals surface area contributed by atoms with Gasteiger partial charge in [-0.2, -0.15) is 0 Å². The number of ether oxygens (including phenoxy) is 1. The van der Waals surface area contributed by atoms with Gasteiger partial charge in [0.15, 0.2) is 0 Å². The van der Waals surface area contributed by atoms with Crippen LogP contribution in [-0.2, 0) is 29.8 Å². The highest BCUT2D eigenvalue weighted by atomic mass is 31.2. The first kappa shape index (κ1) is 22.4. The molecule has 0 radical (unpaired) electrons. The Kier molecular flexibility index (Phi) is 8.99. The van der Waals surface area contributed by atoms with Crippen LogP contribution in [0.25, 0.3) is 0 Å². The lowest BCUT2D eigenvalue weighted by Crippen LogP contribution is -2.51. The first-order valence-electron chi connectivity index (χ1n) is 8.51. The molecule has 0 saturated carbocycles. The average Bonchev–Trinajstić information content (AvgIpc) is 2.60. The molecule has 0 bridgehead atoms. The number of methoxy groups -OCH3 is 1. The molecule has 7 nitrogen and oxygen atoms in total. The first-order chi connectivity index (χ1) is 12.2. The topological polar surface area (TPSA) is 93.7 Å². The van der Waals surface area contributed by atoms with Crippen molar-refractivity contribution in [1.29, 1.82) is 0 Å². The minimum atomic E-state index is -3.15. The standard InChI is InChI=1S/C18H29N2O5P/c1-13(2)11-16(18(22)24-3)19-17(21)15(20-26(5,23)25-4)12-14-9-7-6-8-10-14/h6-10,13,15-16H,11-12H2,1-5H3,(H,19,21)(H,20,23)/t15-,16-,26?/m0/s1. The zero-order valence-corrected chi connectivity index (χ0v) is 16.9. The summed E-state index contributed by atoms with van der Waals surface area (Å²) in [7, 11) is -0.544. The van der Waals surface area contributed by atoms with Gasteiger partial charge in [0.05, 0.1) is 13.2 Å². The molecule has 0 saturated heterocycles. The van der Waals surface area contributed by atoms with Gasteiger partial charge in [0, 0.05) is 13.8 Å². The highest BCUT2D eigenvalue weighted by molar-refractivity contribution is 7.56. The van der Waals surface area contributed by atoms with Crippen LogP contribution in [0.4, 0.5) is 0 Å². The molecular formula is C18H29N2O5P. The van der Waals surface area contributed by atoms with E-state index in [4.69, 9.17) is 9.26 Å². The summed E-state index contributed by atoms with van der Waals surface area (Å²) in [5.41, 5.74) is 0.898. The molecule has 0 spiro atoms. The van der Waals surface area contributed by atoms with Crippen LogP contribution in [0.15, 0.2) is 30.3 Å². The molecule has 1 aromatic carbocycles. The minimum absolute atomic E-state index is 0.191. The number of amides is 1. The number of nitrogens with one attached hydrogen (secondary N) is 2. The molecule has 3 atom stereocenters. The van der Waals surface area contributed by atoms with E-state index in [1.165, 1.54) is 20.9 Å². The Hall–Kier alpha value is -1.69. The zero-order valence-electron chi connectivity index (χ0n) is 16.0. The molecule has 26 heavy (non-hydrogen) atoms. The predicted octanol–water partition coefficient (Wildman–Crippen LogP) is 2.36. The number of hydrogen-bond donors (Lipinski definition) is 2. The van der Waals surface area contributed by atoms with Crippen LogP contribution in [-0.4, -0.2) is 44.8 Å². The van der Waals surface area contributed by atoms with E-state index in [0.717, 1.165) is 5.56 Å². The second kappa shape index (κ2) is 10.5. The molecule has 146 valence electrons. The maximum atomic E-state index is 12.8. The Balaban J connectivity index is 2.97. The van der Waals surface area contributed by atoms with E-state index in [-0.39, 0.29) is 5.92 Å². The number of hydrogen-bond acceptors (Lipinski definition) is 5. The largest absolute Gasteiger partial charge is 0.467 e. The van der Waals surface area contributed by atoms with Gasteiger partial charge in [-0.1, -0.05) is 44.2 Å². The third-order valence-electron chi connectivity index (χ3n) is 3.85. The zero-order chi connectivity index (χ0) is 19.7. The lowest BCUT2D eigenvalue weighted by Gasteiger charge is -2.25. The maximum absolute atomic E-state index is 12.8. The SMILES string of the molecule is COC(=O)[C@H](CC(C)C)NC(=O)[C@H](Cc1ccccc1)NP(C)(=O)OC. The van der Waals surface area contributed by atoms with Crippen molar-refractivity contribution in [2.75, 3.05) is 20.9 Å². The molecule has 0 fully saturated rings. The number of benzene rings is 1. The fourth-order valence-electron chi connectivity index (χ4n) is 2.48. The van der Waals surface area contributed by atoms with Crippen LogP contribution in [0.1, 0.15) is 25.8 Å². The van der Waals surface area contributed by atoms with Crippen LogP contribution in [0.5, 0.6) is 0 Å². The summed E-state index contributed by atoms with van der Waals surface area (Å²) in [6, 6.07) is 7.79. The Morgan fingerprint density at radius 1 is 1.12 bits per heavy atom. The highest BCUT2D eigenvalue weighted by Gasteiger charge is 2.30. The van der Waals surface area contributed by atoms with Crippen molar-refractivity contribution in [2.24, 2.45) is 5.92 Å². The predicted molar refractivity (Wildman–Crippen MR) is 101 cm³/mol. The summed E-state index contributed by atoms with van der Waals surface area (Å²) in [4.78, 5) is 24.8. The van der Waals surface area contributed by atoms with Crippen LogP contribution in [0.3, 0.4) is 0 Å². The molecule has 0 aromatic heterocycles. The molecular weight excluding hydrogens is 355 g/mol. The summed E-state index contributed by atoms with van der Waals surface area (Å²) in [5, 5.41) is 5.49. The molecule has 0 heterocycles. The number of rotatable bonds is 10. The molecule has 1 unspecified atom stereocenters. The van der Waals surface area contributed by atoms with Crippen molar-refractivity contribution in [1.82, 2.24) is 10.4 Å². The fraction of sp³-hybridized carbons (Fsp3) is 0.556. The Morgan fingerprint density at radius 3 is 2.23 bits per heavy atom. The summed E-state index contributed by atoms with van der Waals surface area (Å²) in [6.45, 7) is 5.31. The average molecular weight is 384 g/mol. The van der Waals surface area contributed by atoms with Crippen molar-refractivity contribution >= 4 is 19.4 Å². The molecule has 0 aliphatic heterocycles. The molecule has 0 aliphatic rings. The van der Waals surface area contributed by atoms with Gasteiger partial charge in [-0.05, 0) is 24.3 Å². The Labute approximate surface area is 155 Å². The third kappa shape index (κ3) is 7.68. The van der Waals surface area contributed by atoms with Crippen molar-refractivity contribution in [2.45, 2.75) is 38.8 Å². The van der Waals surface area contributed by atoms with E-state index in [1.807, 2.05) is 44.2 Å².